The second-order valence-electron chi connectivity index (χ2n) is 3.89. The summed E-state index contributed by atoms with van der Waals surface area (Å²) in [6.07, 6.45) is 2.57. The molecule has 1 saturated carbocycles. The van der Waals surface area contributed by atoms with Gasteiger partial charge in [0, 0.05) is 12.6 Å². The summed E-state index contributed by atoms with van der Waals surface area (Å²) >= 11 is 0. The molecule has 1 amide bonds. The first-order valence-electron chi connectivity index (χ1n) is 5.37. The molecule has 0 heterocycles. The van der Waals surface area contributed by atoms with Crippen LogP contribution in [-0.2, 0) is 4.79 Å². The first kappa shape index (κ1) is 11.5. The molecule has 4 nitrogen and oxygen atoms in total. The zero-order valence-electron chi connectivity index (χ0n) is 8.92. The van der Waals surface area contributed by atoms with E-state index in [-0.39, 0.29) is 24.1 Å². The first-order chi connectivity index (χ1) is 6.65. The normalized spacial score (nSPS) is 28.8. The number of likely N-dealkylation sites (N-methyl/N-ethyl adjacent to an activating group) is 1. The van der Waals surface area contributed by atoms with Crippen LogP contribution in [0, 0.1) is 0 Å². The molecule has 0 aromatic carbocycles. The molecule has 0 spiro atoms. The Labute approximate surface area is 85.1 Å². The van der Waals surface area contributed by atoms with Gasteiger partial charge in [-0.25, -0.2) is 0 Å². The number of carbonyl (C=O) groups is 1. The molecule has 0 aliphatic heterocycles. The highest BCUT2D eigenvalue weighted by Crippen LogP contribution is 2.19. The molecule has 1 aliphatic rings. The zero-order chi connectivity index (χ0) is 10.6. The average molecular weight is 200 g/mol. The highest BCUT2D eigenvalue weighted by Gasteiger charge is 2.27. The van der Waals surface area contributed by atoms with Gasteiger partial charge in [-0.05, 0) is 33.1 Å². The lowest BCUT2D eigenvalue weighted by molar-refractivity contribution is -0.122. The van der Waals surface area contributed by atoms with Gasteiger partial charge < -0.3 is 15.7 Å². The Bertz CT molecular complexity index is 197. The van der Waals surface area contributed by atoms with E-state index in [1.807, 2.05) is 13.8 Å². The van der Waals surface area contributed by atoms with Crippen molar-refractivity contribution in [3.63, 3.8) is 0 Å². The van der Waals surface area contributed by atoms with Crippen LogP contribution in [0.1, 0.15) is 33.1 Å². The van der Waals surface area contributed by atoms with Gasteiger partial charge in [0.1, 0.15) is 0 Å². The van der Waals surface area contributed by atoms with Crippen LogP contribution >= 0.6 is 0 Å². The van der Waals surface area contributed by atoms with Crippen molar-refractivity contribution >= 4 is 5.91 Å². The maximum atomic E-state index is 11.4. The second-order valence-corrected chi connectivity index (χ2v) is 3.89. The van der Waals surface area contributed by atoms with E-state index >= 15 is 0 Å². The van der Waals surface area contributed by atoms with Gasteiger partial charge in [0.2, 0.25) is 5.91 Å². The van der Waals surface area contributed by atoms with Crippen LogP contribution in [0.2, 0.25) is 0 Å². The molecule has 4 heteroatoms. The molecule has 1 rings (SSSR count). The highest BCUT2D eigenvalue weighted by molar-refractivity contribution is 5.81. The fourth-order valence-electron chi connectivity index (χ4n) is 1.86. The Morgan fingerprint density at radius 3 is 2.79 bits per heavy atom. The number of carbonyl (C=O) groups excluding carboxylic acids is 1. The third kappa shape index (κ3) is 2.96. The summed E-state index contributed by atoms with van der Waals surface area (Å²) in [7, 11) is 0. The minimum atomic E-state index is -0.285. The van der Waals surface area contributed by atoms with E-state index in [0.29, 0.717) is 6.54 Å². The number of hydrogen-bond acceptors (Lipinski definition) is 3. The number of aliphatic hydroxyl groups excluding tert-OH is 1. The Morgan fingerprint density at radius 2 is 2.29 bits per heavy atom. The molecule has 3 atom stereocenters. The van der Waals surface area contributed by atoms with Gasteiger partial charge in [0.15, 0.2) is 0 Å². The summed E-state index contributed by atoms with van der Waals surface area (Å²) in [5, 5.41) is 15.5. The number of rotatable bonds is 4. The molecular weight excluding hydrogens is 180 g/mol. The van der Waals surface area contributed by atoms with Gasteiger partial charge in [0.25, 0.3) is 0 Å². The average Bonchev–Trinajstić information content (AvgIpc) is 2.52. The van der Waals surface area contributed by atoms with Crippen molar-refractivity contribution in [2.75, 3.05) is 6.54 Å². The second kappa shape index (κ2) is 5.32. The topological polar surface area (TPSA) is 61.4 Å². The van der Waals surface area contributed by atoms with Crippen molar-refractivity contribution in [1.29, 1.82) is 0 Å². The maximum absolute atomic E-state index is 11.4. The van der Waals surface area contributed by atoms with Crippen molar-refractivity contribution in [3.8, 4) is 0 Å². The largest absolute Gasteiger partial charge is 0.392 e. The molecule has 0 aromatic rings. The lowest BCUT2D eigenvalue weighted by atomic mass is 10.2. The molecule has 1 aliphatic carbocycles. The summed E-state index contributed by atoms with van der Waals surface area (Å²) in [6.45, 7) is 4.38. The summed E-state index contributed by atoms with van der Waals surface area (Å²) in [6, 6.07) is -0.125. The van der Waals surface area contributed by atoms with Crippen LogP contribution < -0.4 is 10.6 Å². The predicted molar refractivity (Wildman–Crippen MR) is 54.9 cm³/mol. The SMILES string of the molecule is CCNC(=O)C(C)NC1CCCC1O. The molecule has 14 heavy (non-hydrogen) atoms. The van der Waals surface area contributed by atoms with Crippen molar-refractivity contribution in [3.05, 3.63) is 0 Å². The van der Waals surface area contributed by atoms with Gasteiger partial charge in [-0.1, -0.05) is 0 Å². The molecule has 1 fully saturated rings. The van der Waals surface area contributed by atoms with Crippen LogP contribution in [0.4, 0.5) is 0 Å². The monoisotopic (exact) mass is 200 g/mol. The maximum Gasteiger partial charge on any atom is 0.236 e. The Morgan fingerprint density at radius 1 is 1.57 bits per heavy atom. The summed E-state index contributed by atoms with van der Waals surface area (Å²) < 4.78 is 0. The van der Waals surface area contributed by atoms with E-state index in [1.165, 1.54) is 0 Å². The van der Waals surface area contributed by atoms with E-state index in [4.69, 9.17) is 0 Å². The number of amides is 1. The molecular formula is C10H20N2O2. The van der Waals surface area contributed by atoms with Gasteiger partial charge in [-0.15, -0.1) is 0 Å². The van der Waals surface area contributed by atoms with E-state index in [9.17, 15) is 9.90 Å². The minimum Gasteiger partial charge on any atom is -0.392 e. The third-order valence-electron chi connectivity index (χ3n) is 2.69. The van der Waals surface area contributed by atoms with Crippen LogP contribution in [-0.4, -0.2) is 35.7 Å². The first-order valence-corrected chi connectivity index (χ1v) is 5.37. The van der Waals surface area contributed by atoms with Crippen LogP contribution in [0.25, 0.3) is 0 Å². The molecule has 0 saturated heterocycles. The van der Waals surface area contributed by atoms with Crippen molar-refractivity contribution in [2.24, 2.45) is 0 Å². The van der Waals surface area contributed by atoms with Gasteiger partial charge in [-0.2, -0.15) is 0 Å². The van der Waals surface area contributed by atoms with Crippen molar-refractivity contribution in [1.82, 2.24) is 10.6 Å². The van der Waals surface area contributed by atoms with Crippen LogP contribution in [0.5, 0.6) is 0 Å². The Balaban J connectivity index is 2.32. The Hall–Kier alpha value is -0.610. The standard InChI is InChI=1S/C10H20N2O2/c1-3-11-10(14)7(2)12-8-5-4-6-9(8)13/h7-9,12-13H,3-6H2,1-2H3,(H,11,14). The predicted octanol–water partition coefficient (Wildman–Crippen LogP) is 0.0140. The number of hydrogen-bond donors (Lipinski definition) is 3. The van der Waals surface area contributed by atoms with E-state index in [0.717, 1.165) is 19.3 Å². The summed E-state index contributed by atoms with van der Waals surface area (Å²) in [4.78, 5) is 11.4. The molecule has 0 radical (unpaired) electrons. The van der Waals surface area contributed by atoms with Crippen LogP contribution in [0.3, 0.4) is 0 Å². The molecule has 3 unspecified atom stereocenters. The lowest BCUT2D eigenvalue weighted by Gasteiger charge is -2.21. The molecule has 3 N–H and O–H groups in total. The third-order valence-corrected chi connectivity index (χ3v) is 2.69. The fourth-order valence-corrected chi connectivity index (χ4v) is 1.86. The Kier molecular flexibility index (Phi) is 4.35. The van der Waals surface area contributed by atoms with E-state index < -0.39 is 0 Å². The molecule has 0 bridgehead atoms. The highest BCUT2D eigenvalue weighted by atomic mass is 16.3. The van der Waals surface area contributed by atoms with Crippen molar-refractivity contribution < 1.29 is 9.90 Å². The van der Waals surface area contributed by atoms with Crippen LogP contribution in [0.15, 0.2) is 0 Å². The van der Waals surface area contributed by atoms with E-state index in [1.54, 1.807) is 0 Å². The lowest BCUT2D eigenvalue weighted by Crippen LogP contribution is -2.48. The smallest absolute Gasteiger partial charge is 0.236 e. The molecule has 0 aromatic heterocycles. The number of aliphatic hydroxyl groups is 1. The van der Waals surface area contributed by atoms with Gasteiger partial charge in [-0.3, -0.25) is 4.79 Å². The minimum absolute atomic E-state index is 0.00611. The molecule has 82 valence electrons. The summed E-state index contributed by atoms with van der Waals surface area (Å²) in [5.74, 6) is 0.00611. The summed E-state index contributed by atoms with van der Waals surface area (Å²) in [5.41, 5.74) is 0. The van der Waals surface area contributed by atoms with Gasteiger partial charge in [0.05, 0.1) is 12.1 Å². The zero-order valence-corrected chi connectivity index (χ0v) is 8.92. The fraction of sp³-hybridized carbons (Fsp3) is 0.900. The number of nitrogens with one attached hydrogen (secondary N) is 2. The van der Waals surface area contributed by atoms with E-state index in [2.05, 4.69) is 10.6 Å². The van der Waals surface area contributed by atoms with Gasteiger partial charge >= 0.3 is 0 Å². The van der Waals surface area contributed by atoms with Crippen molar-refractivity contribution in [2.45, 2.75) is 51.3 Å². The quantitative estimate of drug-likeness (QED) is 0.599.